The van der Waals surface area contributed by atoms with Crippen LogP contribution in [0.2, 0.25) is 5.02 Å². The van der Waals surface area contributed by atoms with E-state index in [1.54, 1.807) is 30.0 Å². The van der Waals surface area contributed by atoms with E-state index in [-0.39, 0.29) is 53.6 Å². The summed E-state index contributed by atoms with van der Waals surface area (Å²) >= 11 is 5.94. The number of ether oxygens (including phenoxy) is 2. The van der Waals surface area contributed by atoms with Gasteiger partial charge in [-0.25, -0.2) is 8.42 Å². The molecule has 0 bridgehead atoms. The van der Waals surface area contributed by atoms with Crippen molar-refractivity contribution in [2.45, 2.75) is 37.3 Å². The van der Waals surface area contributed by atoms with Gasteiger partial charge in [0.25, 0.3) is 5.91 Å². The molecule has 4 rings (SSSR count). The Morgan fingerprint density at radius 1 is 1.19 bits per heavy atom. The first-order valence-electron chi connectivity index (χ1n) is 14.0. The summed E-state index contributed by atoms with van der Waals surface area (Å²) < 4.78 is 39.4. The molecule has 0 aliphatic carbocycles. The van der Waals surface area contributed by atoms with E-state index in [4.69, 9.17) is 21.1 Å². The van der Waals surface area contributed by atoms with E-state index < -0.39 is 22.2 Å². The van der Waals surface area contributed by atoms with Gasteiger partial charge in [-0.2, -0.15) is 4.31 Å². The normalized spacial score (nSPS) is 20.8. The first-order valence-corrected chi connectivity index (χ1v) is 15.9. The number of likely N-dealkylation sites (N-methyl/N-ethyl adjacent to an activating group) is 1. The first kappa shape index (κ1) is 32.2. The van der Waals surface area contributed by atoms with E-state index in [0.717, 1.165) is 13.1 Å². The zero-order chi connectivity index (χ0) is 30.4. The van der Waals surface area contributed by atoms with Crippen molar-refractivity contribution >= 4 is 39.1 Å². The summed E-state index contributed by atoms with van der Waals surface area (Å²) in [6.45, 7) is 7.11. The molecule has 2 aromatic rings. The minimum Gasteiger partial charge on any atom is -0.488 e. The lowest BCUT2D eigenvalue weighted by Crippen LogP contribution is -2.50. The number of nitrogens with zero attached hydrogens (tertiary/aromatic N) is 3. The molecule has 2 amide bonds. The highest BCUT2D eigenvalue weighted by molar-refractivity contribution is 7.89. The fraction of sp³-hybridized carbons (Fsp3) is 0.517. The quantitative estimate of drug-likeness (QED) is 0.414. The number of amides is 2. The number of nitrogens with one attached hydrogen (secondary N) is 1. The Kier molecular flexibility index (Phi) is 10.8. The monoisotopic (exact) mass is 622 g/mol. The number of halogens is 1. The number of sulfonamides is 1. The predicted octanol–water partition coefficient (Wildman–Crippen LogP) is 2.54. The molecule has 1 fully saturated rings. The largest absolute Gasteiger partial charge is 0.488 e. The van der Waals surface area contributed by atoms with Gasteiger partial charge in [0.1, 0.15) is 11.9 Å². The summed E-state index contributed by atoms with van der Waals surface area (Å²) in [5.74, 6) is -0.529. The molecule has 2 aliphatic rings. The molecule has 0 spiro atoms. The lowest BCUT2D eigenvalue weighted by atomic mass is 9.99. The van der Waals surface area contributed by atoms with Crippen molar-refractivity contribution in [3.63, 3.8) is 0 Å². The highest BCUT2D eigenvalue weighted by Gasteiger charge is 2.35. The van der Waals surface area contributed by atoms with E-state index in [2.05, 4.69) is 10.2 Å². The molecule has 42 heavy (non-hydrogen) atoms. The van der Waals surface area contributed by atoms with Crippen molar-refractivity contribution in [2.75, 3.05) is 64.9 Å². The molecule has 0 aromatic heterocycles. The van der Waals surface area contributed by atoms with Crippen molar-refractivity contribution in [1.29, 1.82) is 0 Å². The van der Waals surface area contributed by atoms with Crippen molar-refractivity contribution in [1.82, 2.24) is 14.1 Å². The molecule has 2 aromatic carbocycles. The van der Waals surface area contributed by atoms with Gasteiger partial charge in [0, 0.05) is 56.3 Å². The Morgan fingerprint density at radius 3 is 2.55 bits per heavy atom. The van der Waals surface area contributed by atoms with E-state index in [0.29, 0.717) is 36.9 Å². The number of benzene rings is 2. The molecule has 0 unspecified atom stereocenters. The highest BCUT2D eigenvalue weighted by Crippen LogP contribution is 2.31. The second-order valence-electron chi connectivity index (χ2n) is 10.8. The molecular weight excluding hydrogens is 584 g/mol. The second-order valence-corrected chi connectivity index (χ2v) is 13.3. The van der Waals surface area contributed by atoms with Gasteiger partial charge < -0.3 is 24.8 Å². The summed E-state index contributed by atoms with van der Waals surface area (Å²) in [5, 5.41) is 13.2. The van der Waals surface area contributed by atoms with Gasteiger partial charge in [0.2, 0.25) is 15.9 Å². The standard InChI is InChI=1S/C29H39ClN4O7S/c1-20-17-34(21(2)19-35)29(37)25-16-23(31-28(36)10-11-33-12-14-40-15-13-33)6-9-26(25)41-27(20)18-32(3)42(38,39)24-7-4-22(30)5-8-24/h4-9,16,20-21,27,35H,10-15,17-19H2,1-3H3,(H,31,36)/t20-,21+,27+/m0/s1. The lowest BCUT2D eigenvalue weighted by Gasteiger charge is -2.38. The maximum Gasteiger partial charge on any atom is 0.258 e. The summed E-state index contributed by atoms with van der Waals surface area (Å²) in [7, 11) is -2.36. The van der Waals surface area contributed by atoms with Gasteiger partial charge in [-0.3, -0.25) is 14.5 Å². The number of aliphatic hydroxyl groups excluding tert-OH is 1. The van der Waals surface area contributed by atoms with Crippen LogP contribution in [-0.4, -0.2) is 111 Å². The highest BCUT2D eigenvalue weighted by atomic mass is 35.5. The summed E-state index contributed by atoms with van der Waals surface area (Å²) in [6.07, 6.45) is -0.324. The summed E-state index contributed by atoms with van der Waals surface area (Å²) in [4.78, 5) is 30.2. The summed E-state index contributed by atoms with van der Waals surface area (Å²) in [6, 6.07) is 10.3. The van der Waals surface area contributed by atoms with Crippen LogP contribution in [0, 0.1) is 5.92 Å². The molecular formula is C29H39ClN4O7S. The number of morpholine rings is 1. The van der Waals surface area contributed by atoms with Gasteiger partial charge in [-0.15, -0.1) is 0 Å². The Labute approximate surface area is 252 Å². The molecule has 1 saturated heterocycles. The summed E-state index contributed by atoms with van der Waals surface area (Å²) in [5.41, 5.74) is 0.670. The fourth-order valence-corrected chi connectivity index (χ4v) is 6.27. The van der Waals surface area contributed by atoms with Crippen LogP contribution in [0.3, 0.4) is 0 Å². The van der Waals surface area contributed by atoms with Crippen LogP contribution in [0.4, 0.5) is 5.69 Å². The van der Waals surface area contributed by atoms with E-state index in [9.17, 15) is 23.1 Å². The van der Waals surface area contributed by atoms with Crippen LogP contribution in [0.1, 0.15) is 30.6 Å². The molecule has 2 heterocycles. The number of anilines is 1. The maximum absolute atomic E-state index is 13.7. The molecule has 0 radical (unpaired) electrons. The van der Waals surface area contributed by atoms with Crippen LogP contribution >= 0.6 is 11.6 Å². The van der Waals surface area contributed by atoms with E-state index >= 15 is 0 Å². The molecule has 0 saturated carbocycles. The minimum atomic E-state index is -3.84. The van der Waals surface area contributed by atoms with Gasteiger partial charge in [0.15, 0.2) is 0 Å². The third-order valence-electron chi connectivity index (χ3n) is 7.67. The average Bonchev–Trinajstić information content (AvgIpc) is 2.98. The number of hydrogen-bond acceptors (Lipinski definition) is 8. The van der Waals surface area contributed by atoms with Crippen LogP contribution < -0.4 is 10.1 Å². The van der Waals surface area contributed by atoms with Crippen LogP contribution in [-0.2, 0) is 19.6 Å². The van der Waals surface area contributed by atoms with Crippen molar-refractivity contribution in [3.8, 4) is 5.75 Å². The third kappa shape index (κ3) is 7.80. The van der Waals surface area contributed by atoms with Gasteiger partial charge in [-0.1, -0.05) is 18.5 Å². The Bertz CT molecular complexity index is 1350. The van der Waals surface area contributed by atoms with Crippen molar-refractivity contribution in [2.24, 2.45) is 5.92 Å². The zero-order valence-corrected chi connectivity index (χ0v) is 25.7. The van der Waals surface area contributed by atoms with Crippen molar-refractivity contribution in [3.05, 3.63) is 53.1 Å². The zero-order valence-electron chi connectivity index (χ0n) is 24.2. The minimum absolute atomic E-state index is 0.0150. The molecule has 11 nitrogen and oxygen atoms in total. The number of hydrogen-bond donors (Lipinski definition) is 2. The van der Waals surface area contributed by atoms with Gasteiger partial charge in [0.05, 0.1) is 42.9 Å². The average molecular weight is 623 g/mol. The molecule has 230 valence electrons. The predicted molar refractivity (Wildman–Crippen MR) is 159 cm³/mol. The maximum atomic E-state index is 13.7. The first-order chi connectivity index (χ1) is 20.0. The van der Waals surface area contributed by atoms with E-state index in [1.807, 2.05) is 6.92 Å². The smallest absolute Gasteiger partial charge is 0.258 e. The molecule has 2 N–H and O–H groups in total. The number of fused-ring (bicyclic) bond motifs is 1. The number of carbonyl (C=O) groups is 2. The van der Waals surface area contributed by atoms with Crippen molar-refractivity contribution < 1.29 is 32.6 Å². The van der Waals surface area contributed by atoms with Crippen LogP contribution in [0.5, 0.6) is 5.75 Å². The SMILES string of the molecule is C[C@H](CO)N1C[C@H](C)[C@@H](CN(C)S(=O)(=O)c2ccc(Cl)cc2)Oc2ccc(NC(=O)CCN3CCOCC3)cc2C1=O. The van der Waals surface area contributed by atoms with Crippen LogP contribution in [0.15, 0.2) is 47.4 Å². The lowest BCUT2D eigenvalue weighted by molar-refractivity contribution is -0.116. The molecule has 2 aliphatic heterocycles. The molecule has 13 heteroatoms. The number of carbonyl (C=O) groups excluding carboxylic acids is 2. The third-order valence-corrected chi connectivity index (χ3v) is 9.76. The Hall–Kier alpha value is -2.74. The van der Waals surface area contributed by atoms with Crippen LogP contribution in [0.25, 0.3) is 0 Å². The Balaban J connectivity index is 1.55. The Morgan fingerprint density at radius 2 is 1.88 bits per heavy atom. The van der Waals surface area contributed by atoms with Gasteiger partial charge >= 0.3 is 0 Å². The van der Waals surface area contributed by atoms with Gasteiger partial charge in [-0.05, 0) is 49.4 Å². The molecule has 3 atom stereocenters. The van der Waals surface area contributed by atoms with E-state index in [1.165, 1.54) is 35.6 Å². The second kappa shape index (κ2) is 14.2. The fourth-order valence-electron chi connectivity index (χ4n) is 4.96. The number of aliphatic hydroxyl groups is 1. The number of rotatable bonds is 10. The topological polar surface area (TPSA) is 129 Å².